The third-order valence-corrected chi connectivity index (χ3v) is 10.3. The van der Waals surface area contributed by atoms with E-state index < -0.39 is 23.0 Å². The topological polar surface area (TPSA) is 114 Å². The summed E-state index contributed by atoms with van der Waals surface area (Å²) in [6.45, 7) is 3.90. The van der Waals surface area contributed by atoms with Gasteiger partial charge in [-0.3, -0.25) is 14.4 Å². The molecule has 3 amide bonds. The summed E-state index contributed by atoms with van der Waals surface area (Å²) in [6.07, 6.45) is 1.63. The van der Waals surface area contributed by atoms with E-state index in [4.69, 9.17) is 4.74 Å². The van der Waals surface area contributed by atoms with Gasteiger partial charge in [0, 0.05) is 27.1 Å². The van der Waals surface area contributed by atoms with Crippen LogP contribution >= 0.6 is 23.1 Å². The fourth-order valence-corrected chi connectivity index (χ4v) is 7.56. The first-order valence-corrected chi connectivity index (χ1v) is 19.0. The average Bonchev–Trinajstić information content (AvgIpc) is 3.62. The molecule has 6 aromatic rings. The molecule has 54 heavy (non-hydrogen) atoms. The molecule has 0 spiro atoms. The molecule has 0 saturated carbocycles. The smallest absolute Gasteiger partial charge is 0.341 e. The van der Waals surface area contributed by atoms with Crippen molar-refractivity contribution in [2.24, 2.45) is 0 Å². The van der Waals surface area contributed by atoms with Gasteiger partial charge < -0.3 is 20.7 Å². The third-order valence-electron chi connectivity index (χ3n) is 8.20. The molecule has 8 nitrogen and oxygen atoms in total. The number of thiophene rings is 1. The number of benzene rings is 5. The van der Waals surface area contributed by atoms with Gasteiger partial charge in [0.1, 0.15) is 21.5 Å². The minimum atomic E-state index is -0.725. The van der Waals surface area contributed by atoms with E-state index in [1.807, 2.05) is 109 Å². The number of esters is 1. The highest BCUT2D eigenvalue weighted by molar-refractivity contribution is 8.00. The van der Waals surface area contributed by atoms with E-state index in [1.165, 1.54) is 23.1 Å². The zero-order valence-corrected chi connectivity index (χ0v) is 31.2. The van der Waals surface area contributed by atoms with Gasteiger partial charge in [0.25, 0.3) is 11.8 Å². The van der Waals surface area contributed by atoms with Crippen molar-refractivity contribution in [3.63, 3.8) is 0 Å². The van der Waals surface area contributed by atoms with Crippen LogP contribution in [-0.2, 0) is 14.3 Å². The van der Waals surface area contributed by atoms with Crippen molar-refractivity contribution in [3.8, 4) is 11.1 Å². The first kappa shape index (κ1) is 37.5. The van der Waals surface area contributed by atoms with Gasteiger partial charge >= 0.3 is 5.97 Å². The summed E-state index contributed by atoms with van der Waals surface area (Å²) >= 11 is 2.56. The molecule has 270 valence electrons. The van der Waals surface area contributed by atoms with Crippen molar-refractivity contribution >= 4 is 63.6 Å². The molecule has 0 radical (unpaired) electrons. The van der Waals surface area contributed by atoms with Crippen LogP contribution in [0.4, 0.5) is 10.7 Å². The van der Waals surface area contributed by atoms with Crippen LogP contribution in [0.1, 0.15) is 49.6 Å². The maximum absolute atomic E-state index is 14.2. The molecule has 1 unspecified atom stereocenters. The number of thioether (sulfide) groups is 1. The van der Waals surface area contributed by atoms with E-state index in [1.54, 1.807) is 55.5 Å². The largest absolute Gasteiger partial charge is 0.462 e. The number of carbonyl (C=O) groups is 4. The van der Waals surface area contributed by atoms with Crippen LogP contribution in [0.3, 0.4) is 0 Å². The lowest BCUT2D eigenvalue weighted by atomic mass is 10.0. The first-order valence-electron chi connectivity index (χ1n) is 17.2. The fourth-order valence-electron chi connectivity index (χ4n) is 5.52. The summed E-state index contributed by atoms with van der Waals surface area (Å²) in [6, 6.07) is 42.3. The molecule has 0 aliphatic rings. The molecule has 1 aromatic heterocycles. The number of hydrogen-bond donors (Lipinski definition) is 3. The fraction of sp³-hybridized carbons (Fsp3) is 0.0909. The van der Waals surface area contributed by atoms with Crippen molar-refractivity contribution in [1.82, 2.24) is 5.32 Å². The molecule has 3 N–H and O–H groups in total. The summed E-state index contributed by atoms with van der Waals surface area (Å²) in [5.41, 5.74) is 5.32. The Hall–Kier alpha value is -6.23. The van der Waals surface area contributed by atoms with E-state index in [2.05, 4.69) is 16.0 Å². The zero-order valence-electron chi connectivity index (χ0n) is 29.6. The average molecular weight is 752 g/mol. The molecule has 6 rings (SSSR count). The highest BCUT2D eigenvalue weighted by atomic mass is 32.2. The maximum Gasteiger partial charge on any atom is 0.341 e. The van der Waals surface area contributed by atoms with Crippen molar-refractivity contribution < 1.29 is 23.9 Å². The molecule has 0 aliphatic carbocycles. The van der Waals surface area contributed by atoms with Crippen LogP contribution in [0.2, 0.25) is 0 Å². The minimum absolute atomic E-state index is 0.0653. The van der Waals surface area contributed by atoms with Gasteiger partial charge in [-0.25, -0.2) is 4.79 Å². The number of rotatable bonds is 13. The highest BCUT2D eigenvalue weighted by Gasteiger charge is 2.27. The summed E-state index contributed by atoms with van der Waals surface area (Å²) in [4.78, 5) is 55.0. The molecule has 0 aliphatic heterocycles. The molecule has 0 bridgehead atoms. The van der Waals surface area contributed by atoms with Gasteiger partial charge in [-0.15, -0.1) is 23.1 Å². The van der Waals surface area contributed by atoms with Gasteiger partial charge in [-0.1, -0.05) is 115 Å². The van der Waals surface area contributed by atoms with E-state index in [0.717, 1.165) is 22.3 Å². The second-order valence-electron chi connectivity index (χ2n) is 12.1. The molecular weight excluding hydrogens is 715 g/mol. The lowest BCUT2D eigenvalue weighted by molar-refractivity contribution is -0.116. The van der Waals surface area contributed by atoms with Gasteiger partial charge in [-0.05, 0) is 66.9 Å². The van der Waals surface area contributed by atoms with E-state index >= 15 is 0 Å². The van der Waals surface area contributed by atoms with Crippen LogP contribution < -0.4 is 16.0 Å². The van der Waals surface area contributed by atoms with Crippen LogP contribution in [-0.4, -0.2) is 30.3 Å². The normalized spacial score (nSPS) is 11.6. The predicted molar refractivity (Wildman–Crippen MR) is 218 cm³/mol. The second-order valence-corrected chi connectivity index (χ2v) is 14.2. The molecule has 1 heterocycles. The number of hydrogen-bond acceptors (Lipinski definition) is 7. The van der Waals surface area contributed by atoms with Gasteiger partial charge in [0.15, 0.2) is 0 Å². The van der Waals surface area contributed by atoms with Crippen molar-refractivity contribution in [1.29, 1.82) is 0 Å². The first-order chi connectivity index (χ1) is 26.3. The SMILES string of the molecule is CCOC(=O)c1c(-c2ccccc2)csc1NC(=O)C(Sc1cccc(NC(=O)/C(=C\c2ccc(C)cc2)NC(=O)c2ccccc2)c1)c1ccccc1. The van der Waals surface area contributed by atoms with E-state index in [-0.39, 0.29) is 18.2 Å². The number of carbonyl (C=O) groups excluding carboxylic acids is 4. The van der Waals surface area contributed by atoms with Crippen LogP contribution in [0.5, 0.6) is 0 Å². The van der Waals surface area contributed by atoms with Gasteiger partial charge in [0.05, 0.1) is 6.61 Å². The molecule has 10 heteroatoms. The molecule has 0 saturated heterocycles. The van der Waals surface area contributed by atoms with E-state index in [0.29, 0.717) is 32.3 Å². The minimum Gasteiger partial charge on any atom is -0.462 e. The van der Waals surface area contributed by atoms with Crippen molar-refractivity contribution in [2.45, 2.75) is 24.0 Å². The van der Waals surface area contributed by atoms with E-state index in [9.17, 15) is 19.2 Å². The quantitative estimate of drug-likeness (QED) is 0.0615. The Balaban J connectivity index is 1.25. The Bertz CT molecular complexity index is 2270. The monoisotopic (exact) mass is 751 g/mol. The summed E-state index contributed by atoms with van der Waals surface area (Å²) in [5, 5.41) is 10.2. The number of amides is 3. The number of ether oxygens (including phenoxy) is 1. The Kier molecular flexibility index (Phi) is 12.5. The number of nitrogens with one attached hydrogen (secondary N) is 3. The summed E-state index contributed by atoms with van der Waals surface area (Å²) in [7, 11) is 0. The summed E-state index contributed by atoms with van der Waals surface area (Å²) in [5.74, 6) is -1.79. The van der Waals surface area contributed by atoms with Crippen LogP contribution in [0.15, 0.2) is 155 Å². The molecule has 0 fully saturated rings. The lowest BCUT2D eigenvalue weighted by Crippen LogP contribution is -2.30. The highest BCUT2D eigenvalue weighted by Crippen LogP contribution is 2.40. The molecular formula is C44H37N3O5S2. The summed E-state index contributed by atoms with van der Waals surface area (Å²) < 4.78 is 5.40. The maximum atomic E-state index is 14.2. The number of aryl methyl sites for hydroxylation is 1. The predicted octanol–water partition coefficient (Wildman–Crippen LogP) is 9.78. The van der Waals surface area contributed by atoms with Crippen LogP contribution in [0.25, 0.3) is 17.2 Å². The Labute approximate surface area is 322 Å². The zero-order chi connectivity index (χ0) is 37.9. The van der Waals surface area contributed by atoms with Gasteiger partial charge in [-0.2, -0.15) is 0 Å². The molecule has 5 aromatic carbocycles. The number of anilines is 2. The molecule has 1 atom stereocenters. The second kappa shape index (κ2) is 18.0. The standard InChI is InChI=1S/C44H37N3O5S2/c1-3-52-44(51)38-36(31-14-7-4-8-15-31)28-53-43(38)47-42(50)39(32-16-9-5-10-17-32)54-35-21-13-20-34(27-35)45-41(49)37(26-30-24-22-29(2)23-25-30)46-40(48)33-18-11-6-12-19-33/h4-28,39H,3H2,1-2H3,(H,45,49)(H,46,48)(H,47,50)/b37-26+. The van der Waals surface area contributed by atoms with Crippen molar-refractivity contribution in [2.75, 3.05) is 17.2 Å². The van der Waals surface area contributed by atoms with Gasteiger partial charge in [0.2, 0.25) is 5.91 Å². The Morgan fingerprint density at radius 2 is 1.44 bits per heavy atom. The Morgan fingerprint density at radius 3 is 2.13 bits per heavy atom. The van der Waals surface area contributed by atoms with Crippen molar-refractivity contribution in [3.05, 3.63) is 178 Å². The lowest BCUT2D eigenvalue weighted by Gasteiger charge is -2.18. The Morgan fingerprint density at radius 1 is 0.778 bits per heavy atom. The third kappa shape index (κ3) is 9.60. The van der Waals surface area contributed by atoms with Crippen LogP contribution in [0, 0.1) is 6.92 Å².